The Kier molecular flexibility index (Phi) is 6.26. The molecular weight excluding hydrogens is 352 g/mol. The van der Waals surface area contributed by atoms with Crippen LogP contribution in [0.15, 0.2) is 24.3 Å². The summed E-state index contributed by atoms with van der Waals surface area (Å²) in [7, 11) is 0. The lowest BCUT2D eigenvalue weighted by Crippen LogP contribution is -2.59. The van der Waals surface area contributed by atoms with Crippen LogP contribution < -0.4 is 0 Å². The number of ether oxygens (including phenoxy) is 1. The van der Waals surface area contributed by atoms with Crippen LogP contribution in [-0.4, -0.2) is 78.6 Å². The predicted molar refractivity (Wildman–Crippen MR) is 107 cm³/mol. The molecule has 3 aliphatic rings. The van der Waals surface area contributed by atoms with Gasteiger partial charge in [-0.2, -0.15) is 5.26 Å². The van der Waals surface area contributed by atoms with Gasteiger partial charge in [0.1, 0.15) is 0 Å². The first-order valence-corrected chi connectivity index (χ1v) is 10.6. The topological polar surface area (TPSA) is 59.8 Å². The van der Waals surface area contributed by atoms with E-state index < -0.39 is 0 Å². The van der Waals surface area contributed by atoms with E-state index in [1.54, 1.807) is 0 Å². The Balaban J connectivity index is 1.31. The summed E-state index contributed by atoms with van der Waals surface area (Å²) >= 11 is 0. The molecule has 0 aliphatic carbocycles. The van der Waals surface area contributed by atoms with Crippen molar-refractivity contribution in [2.75, 3.05) is 45.9 Å². The fraction of sp³-hybridized carbons (Fsp3) is 0.636. The van der Waals surface area contributed by atoms with Crippen LogP contribution in [0.5, 0.6) is 0 Å². The second kappa shape index (κ2) is 9.04. The quantitative estimate of drug-likeness (QED) is 0.795. The van der Waals surface area contributed by atoms with E-state index in [4.69, 9.17) is 10.00 Å². The van der Waals surface area contributed by atoms with E-state index in [0.717, 1.165) is 83.7 Å². The highest BCUT2D eigenvalue weighted by Crippen LogP contribution is 2.24. The molecule has 6 heteroatoms. The summed E-state index contributed by atoms with van der Waals surface area (Å²) in [5.74, 6) is 0.341. The molecular formula is C22H30N4O2. The zero-order valence-electron chi connectivity index (χ0n) is 16.6. The second-order valence-corrected chi connectivity index (χ2v) is 8.16. The van der Waals surface area contributed by atoms with Gasteiger partial charge < -0.3 is 9.64 Å². The fourth-order valence-corrected chi connectivity index (χ4v) is 4.81. The average Bonchev–Trinajstić information content (AvgIpc) is 2.75. The van der Waals surface area contributed by atoms with E-state index in [1.807, 2.05) is 18.2 Å². The number of nitriles is 1. The van der Waals surface area contributed by atoms with E-state index in [0.29, 0.717) is 11.9 Å². The van der Waals surface area contributed by atoms with Crippen molar-refractivity contribution >= 4 is 5.91 Å². The van der Waals surface area contributed by atoms with Crippen LogP contribution >= 0.6 is 0 Å². The number of amides is 1. The van der Waals surface area contributed by atoms with Gasteiger partial charge in [0.25, 0.3) is 0 Å². The van der Waals surface area contributed by atoms with E-state index in [2.05, 4.69) is 26.8 Å². The monoisotopic (exact) mass is 382 g/mol. The van der Waals surface area contributed by atoms with Gasteiger partial charge in [-0.15, -0.1) is 0 Å². The number of piperidine rings is 1. The lowest BCUT2D eigenvalue weighted by atomic mass is 9.97. The van der Waals surface area contributed by atoms with Crippen molar-refractivity contribution in [1.82, 2.24) is 14.7 Å². The maximum absolute atomic E-state index is 13.2. The molecule has 3 aliphatic heterocycles. The summed E-state index contributed by atoms with van der Waals surface area (Å²) in [4.78, 5) is 20.1. The summed E-state index contributed by atoms with van der Waals surface area (Å²) in [6.45, 7) is 7.17. The van der Waals surface area contributed by atoms with Crippen LogP contribution in [0.1, 0.15) is 36.8 Å². The number of hydrogen-bond donors (Lipinski definition) is 0. The first-order valence-electron chi connectivity index (χ1n) is 10.6. The van der Waals surface area contributed by atoms with Gasteiger partial charge in [-0.25, -0.2) is 0 Å². The molecule has 1 aromatic rings. The fourth-order valence-electron chi connectivity index (χ4n) is 4.81. The Bertz CT molecular complexity index is 717. The van der Waals surface area contributed by atoms with E-state index in [1.165, 1.54) is 5.56 Å². The van der Waals surface area contributed by atoms with Crippen LogP contribution in [0.2, 0.25) is 0 Å². The molecule has 3 heterocycles. The summed E-state index contributed by atoms with van der Waals surface area (Å²) in [6, 6.07) is 10.5. The molecule has 1 aromatic carbocycles. The lowest BCUT2D eigenvalue weighted by molar-refractivity contribution is -0.145. The average molecular weight is 383 g/mol. The molecule has 1 unspecified atom stereocenters. The highest BCUT2D eigenvalue weighted by molar-refractivity contribution is 5.83. The van der Waals surface area contributed by atoms with Crippen molar-refractivity contribution < 1.29 is 9.53 Å². The largest absolute Gasteiger partial charge is 0.381 e. The number of nitrogens with zero attached hydrogens (tertiary/aromatic N) is 4. The Morgan fingerprint density at radius 1 is 1.07 bits per heavy atom. The number of carbonyl (C=O) groups excluding carboxylic acids is 1. The van der Waals surface area contributed by atoms with Crippen LogP contribution in [0.25, 0.3) is 0 Å². The molecule has 3 fully saturated rings. The Morgan fingerprint density at radius 2 is 1.86 bits per heavy atom. The molecule has 6 nitrogen and oxygen atoms in total. The first kappa shape index (κ1) is 19.4. The van der Waals surface area contributed by atoms with Gasteiger partial charge in [-0.05, 0) is 43.4 Å². The molecule has 0 bridgehead atoms. The summed E-state index contributed by atoms with van der Waals surface area (Å²) < 4.78 is 5.47. The minimum absolute atomic E-state index is 0.0562. The third kappa shape index (κ3) is 4.38. The normalized spacial score (nSPS) is 25.6. The standard InChI is InChI=1S/C22H30N4O2/c23-16-18-3-1-4-19(15-18)17-24-9-11-25(12-10-24)21-5-2-8-26(22(21)27)20-6-13-28-14-7-20/h1,3-4,15,20-21H,2,5-14,17H2. The SMILES string of the molecule is N#Cc1cccc(CN2CCN(C3CCCN(C4CCOCC4)C3=O)CC2)c1. The van der Waals surface area contributed by atoms with Crippen molar-refractivity contribution in [1.29, 1.82) is 5.26 Å². The molecule has 0 aromatic heterocycles. The third-order valence-electron chi connectivity index (χ3n) is 6.39. The predicted octanol–water partition coefficient (Wildman–Crippen LogP) is 1.85. The molecule has 1 amide bonds. The highest BCUT2D eigenvalue weighted by atomic mass is 16.5. The van der Waals surface area contributed by atoms with Crippen LogP contribution in [0, 0.1) is 11.3 Å². The van der Waals surface area contributed by atoms with Gasteiger partial charge in [0, 0.05) is 58.5 Å². The van der Waals surface area contributed by atoms with Gasteiger partial charge >= 0.3 is 0 Å². The molecule has 0 saturated carbocycles. The van der Waals surface area contributed by atoms with Crippen molar-refractivity contribution in [2.24, 2.45) is 0 Å². The van der Waals surface area contributed by atoms with E-state index in [-0.39, 0.29) is 6.04 Å². The second-order valence-electron chi connectivity index (χ2n) is 8.16. The molecule has 150 valence electrons. The van der Waals surface area contributed by atoms with Gasteiger partial charge in [0.15, 0.2) is 0 Å². The smallest absolute Gasteiger partial charge is 0.240 e. The van der Waals surface area contributed by atoms with Gasteiger partial charge in [0.2, 0.25) is 5.91 Å². The zero-order valence-corrected chi connectivity index (χ0v) is 16.6. The van der Waals surface area contributed by atoms with Crippen molar-refractivity contribution in [2.45, 2.75) is 44.3 Å². The minimum Gasteiger partial charge on any atom is -0.381 e. The van der Waals surface area contributed by atoms with E-state index >= 15 is 0 Å². The van der Waals surface area contributed by atoms with Crippen molar-refractivity contribution in [3.8, 4) is 6.07 Å². The maximum Gasteiger partial charge on any atom is 0.240 e. The molecule has 0 radical (unpaired) electrons. The summed E-state index contributed by atoms with van der Waals surface area (Å²) in [6.07, 6.45) is 4.06. The third-order valence-corrected chi connectivity index (χ3v) is 6.39. The van der Waals surface area contributed by atoms with Crippen LogP contribution in [0.4, 0.5) is 0 Å². The van der Waals surface area contributed by atoms with Crippen LogP contribution in [-0.2, 0) is 16.1 Å². The Labute approximate surface area is 167 Å². The van der Waals surface area contributed by atoms with E-state index in [9.17, 15) is 4.79 Å². The zero-order chi connectivity index (χ0) is 19.3. The number of hydrogen-bond acceptors (Lipinski definition) is 5. The number of benzene rings is 1. The molecule has 28 heavy (non-hydrogen) atoms. The maximum atomic E-state index is 13.2. The lowest BCUT2D eigenvalue weighted by Gasteiger charge is -2.45. The number of carbonyl (C=O) groups is 1. The highest BCUT2D eigenvalue weighted by Gasteiger charge is 2.37. The molecule has 1 atom stereocenters. The Morgan fingerprint density at radius 3 is 2.61 bits per heavy atom. The van der Waals surface area contributed by atoms with Crippen molar-refractivity contribution in [3.63, 3.8) is 0 Å². The molecule has 0 N–H and O–H groups in total. The molecule has 3 saturated heterocycles. The van der Waals surface area contributed by atoms with Gasteiger partial charge in [0.05, 0.1) is 17.7 Å². The number of likely N-dealkylation sites (tertiary alicyclic amines) is 1. The van der Waals surface area contributed by atoms with Gasteiger partial charge in [-0.3, -0.25) is 14.6 Å². The Hall–Kier alpha value is -1.94. The van der Waals surface area contributed by atoms with Gasteiger partial charge in [-0.1, -0.05) is 12.1 Å². The minimum atomic E-state index is 0.0562. The first-order chi connectivity index (χ1) is 13.7. The summed E-state index contributed by atoms with van der Waals surface area (Å²) in [5, 5.41) is 9.07. The summed E-state index contributed by atoms with van der Waals surface area (Å²) in [5.41, 5.74) is 1.91. The number of rotatable bonds is 4. The van der Waals surface area contributed by atoms with Crippen molar-refractivity contribution in [3.05, 3.63) is 35.4 Å². The molecule has 4 rings (SSSR count). The van der Waals surface area contributed by atoms with Crippen LogP contribution in [0.3, 0.4) is 0 Å². The number of piperazine rings is 1. The molecule has 0 spiro atoms.